The van der Waals surface area contributed by atoms with E-state index in [1.165, 1.54) is 37.1 Å². The van der Waals surface area contributed by atoms with E-state index in [2.05, 4.69) is 41.4 Å². The van der Waals surface area contributed by atoms with E-state index in [-0.39, 0.29) is 5.91 Å². The molecule has 1 aliphatic heterocycles. The van der Waals surface area contributed by atoms with E-state index < -0.39 is 5.41 Å². The van der Waals surface area contributed by atoms with Crippen LogP contribution < -0.4 is 11.1 Å². The predicted molar refractivity (Wildman–Crippen MR) is 104 cm³/mol. The van der Waals surface area contributed by atoms with Crippen molar-refractivity contribution in [3.8, 4) is 0 Å². The molecule has 4 heteroatoms. The maximum absolute atomic E-state index is 12.7. The van der Waals surface area contributed by atoms with Crippen molar-refractivity contribution in [3.63, 3.8) is 0 Å². The van der Waals surface area contributed by atoms with Crippen LogP contribution in [0.1, 0.15) is 57.6 Å². The van der Waals surface area contributed by atoms with Crippen LogP contribution in [-0.2, 0) is 17.9 Å². The highest BCUT2D eigenvalue weighted by atomic mass is 16.2. The number of hydrogen-bond acceptors (Lipinski definition) is 3. The van der Waals surface area contributed by atoms with Gasteiger partial charge in [0, 0.05) is 19.6 Å². The van der Waals surface area contributed by atoms with Gasteiger partial charge in [0.25, 0.3) is 0 Å². The van der Waals surface area contributed by atoms with Crippen LogP contribution in [0.3, 0.4) is 0 Å². The first-order chi connectivity index (χ1) is 12.0. The van der Waals surface area contributed by atoms with Crippen LogP contribution >= 0.6 is 0 Å². The van der Waals surface area contributed by atoms with Crippen molar-refractivity contribution in [2.45, 2.75) is 59.5 Å². The van der Waals surface area contributed by atoms with E-state index in [9.17, 15) is 4.79 Å². The second-order valence-corrected chi connectivity index (χ2v) is 7.60. The summed E-state index contributed by atoms with van der Waals surface area (Å²) in [7, 11) is 0. The van der Waals surface area contributed by atoms with Gasteiger partial charge in [-0.1, -0.05) is 45.0 Å². The maximum Gasteiger partial charge on any atom is 0.227 e. The van der Waals surface area contributed by atoms with Gasteiger partial charge in [0.15, 0.2) is 0 Å². The first-order valence-electron chi connectivity index (χ1n) is 9.82. The molecule has 1 amide bonds. The first kappa shape index (κ1) is 19.9. The standard InChI is InChI=1S/C21H35N3O/c1-4-21(5-2,16-22)20(25)23-14-18-8-6-7-9-19(18)15-24-12-10-17(3)11-13-24/h6-9,17H,4-5,10-16,22H2,1-3H3,(H,23,25). The molecule has 2 rings (SSSR count). The largest absolute Gasteiger partial charge is 0.351 e. The number of nitrogens with one attached hydrogen (secondary N) is 1. The highest BCUT2D eigenvalue weighted by molar-refractivity contribution is 5.82. The molecule has 4 nitrogen and oxygen atoms in total. The van der Waals surface area contributed by atoms with E-state index in [0.717, 1.165) is 25.3 Å². The fraction of sp³-hybridized carbons (Fsp3) is 0.667. The van der Waals surface area contributed by atoms with E-state index in [0.29, 0.717) is 13.1 Å². The van der Waals surface area contributed by atoms with Crippen molar-refractivity contribution < 1.29 is 4.79 Å². The number of hydrogen-bond donors (Lipinski definition) is 2. The van der Waals surface area contributed by atoms with Crippen molar-refractivity contribution in [1.29, 1.82) is 0 Å². The fourth-order valence-electron chi connectivity index (χ4n) is 3.66. The molecule has 1 aromatic carbocycles. The van der Waals surface area contributed by atoms with Crippen LogP contribution in [0.5, 0.6) is 0 Å². The van der Waals surface area contributed by atoms with Crippen LogP contribution in [-0.4, -0.2) is 30.4 Å². The van der Waals surface area contributed by atoms with Crippen LogP contribution in [0.25, 0.3) is 0 Å². The van der Waals surface area contributed by atoms with Gasteiger partial charge in [-0.05, 0) is 55.8 Å². The quantitative estimate of drug-likeness (QED) is 0.760. The highest BCUT2D eigenvalue weighted by Crippen LogP contribution is 2.25. The molecule has 0 saturated carbocycles. The van der Waals surface area contributed by atoms with E-state index in [1.54, 1.807) is 0 Å². The minimum absolute atomic E-state index is 0.0848. The predicted octanol–water partition coefficient (Wildman–Crippen LogP) is 3.30. The summed E-state index contributed by atoms with van der Waals surface area (Å²) in [6.45, 7) is 10.7. The molecule has 0 spiro atoms. The topological polar surface area (TPSA) is 58.4 Å². The number of benzene rings is 1. The van der Waals surface area contributed by atoms with Gasteiger partial charge in [0.2, 0.25) is 5.91 Å². The Labute approximate surface area is 153 Å². The number of amides is 1. The average Bonchev–Trinajstić information content (AvgIpc) is 2.65. The second-order valence-electron chi connectivity index (χ2n) is 7.60. The third-order valence-electron chi connectivity index (χ3n) is 6.05. The zero-order valence-corrected chi connectivity index (χ0v) is 16.2. The molecule has 0 unspecified atom stereocenters. The number of rotatable bonds is 8. The van der Waals surface area contributed by atoms with Gasteiger partial charge in [-0.15, -0.1) is 0 Å². The van der Waals surface area contributed by atoms with Crippen molar-refractivity contribution >= 4 is 5.91 Å². The number of nitrogens with two attached hydrogens (primary N) is 1. The second kappa shape index (κ2) is 9.35. The lowest BCUT2D eigenvalue weighted by molar-refractivity contribution is -0.131. The summed E-state index contributed by atoms with van der Waals surface area (Å²) in [6.07, 6.45) is 4.12. The molecule has 0 aromatic heterocycles. The van der Waals surface area contributed by atoms with Gasteiger partial charge in [0.05, 0.1) is 5.41 Å². The van der Waals surface area contributed by atoms with Gasteiger partial charge in [-0.25, -0.2) is 0 Å². The zero-order chi connectivity index (χ0) is 18.3. The molecule has 1 aliphatic rings. The van der Waals surface area contributed by atoms with Crippen LogP contribution in [0.4, 0.5) is 0 Å². The molecular weight excluding hydrogens is 310 g/mol. The summed E-state index contributed by atoms with van der Waals surface area (Å²) >= 11 is 0. The molecular formula is C21H35N3O. The van der Waals surface area contributed by atoms with Crippen LogP contribution in [0.15, 0.2) is 24.3 Å². The summed E-state index contributed by atoms with van der Waals surface area (Å²) in [4.78, 5) is 15.2. The monoisotopic (exact) mass is 345 g/mol. The minimum Gasteiger partial charge on any atom is -0.351 e. The summed E-state index contributed by atoms with van der Waals surface area (Å²) in [5.74, 6) is 0.930. The Bertz CT molecular complexity index is 538. The van der Waals surface area contributed by atoms with E-state index in [1.807, 2.05) is 13.8 Å². The van der Waals surface area contributed by atoms with Crippen molar-refractivity contribution in [2.24, 2.45) is 17.1 Å². The molecule has 1 saturated heterocycles. The third-order valence-corrected chi connectivity index (χ3v) is 6.05. The van der Waals surface area contributed by atoms with Gasteiger partial charge in [-0.3, -0.25) is 9.69 Å². The maximum atomic E-state index is 12.7. The molecule has 25 heavy (non-hydrogen) atoms. The van der Waals surface area contributed by atoms with Crippen LogP contribution in [0, 0.1) is 11.3 Å². The van der Waals surface area contributed by atoms with Gasteiger partial charge in [-0.2, -0.15) is 0 Å². The van der Waals surface area contributed by atoms with Crippen molar-refractivity contribution in [2.75, 3.05) is 19.6 Å². The SMILES string of the molecule is CCC(CC)(CN)C(=O)NCc1ccccc1CN1CCC(C)CC1. The Hall–Kier alpha value is -1.39. The Morgan fingerprint density at radius 3 is 2.36 bits per heavy atom. The molecule has 1 aromatic rings. The molecule has 0 bridgehead atoms. The molecule has 0 aliphatic carbocycles. The minimum atomic E-state index is -0.433. The molecule has 3 N–H and O–H groups in total. The number of carbonyl (C=O) groups is 1. The molecule has 1 heterocycles. The number of piperidine rings is 1. The first-order valence-corrected chi connectivity index (χ1v) is 9.82. The molecule has 0 radical (unpaired) electrons. The summed E-state index contributed by atoms with van der Waals surface area (Å²) in [6, 6.07) is 8.47. The normalized spacial score (nSPS) is 16.8. The summed E-state index contributed by atoms with van der Waals surface area (Å²) in [5.41, 5.74) is 8.00. The third kappa shape index (κ3) is 5.05. The smallest absolute Gasteiger partial charge is 0.227 e. The number of carbonyl (C=O) groups excluding carboxylic acids is 1. The molecule has 1 fully saturated rings. The average molecular weight is 346 g/mol. The molecule has 140 valence electrons. The van der Waals surface area contributed by atoms with Crippen LogP contribution in [0.2, 0.25) is 0 Å². The summed E-state index contributed by atoms with van der Waals surface area (Å²) in [5, 5.41) is 3.14. The van der Waals surface area contributed by atoms with Crippen molar-refractivity contribution in [3.05, 3.63) is 35.4 Å². The van der Waals surface area contributed by atoms with Crippen molar-refractivity contribution in [1.82, 2.24) is 10.2 Å². The number of nitrogens with zero attached hydrogens (tertiary/aromatic N) is 1. The van der Waals surface area contributed by atoms with Gasteiger partial charge < -0.3 is 11.1 Å². The Morgan fingerprint density at radius 2 is 1.80 bits per heavy atom. The van der Waals surface area contributed by atoms with Gasteiger partial charge in [0.1, 0.15) is 0 Å². The highest BCUT2D eigenvalue weighted by Gasteiger charge is 2.33. The summed E-state index contributed by atoms with van der Waals surface area (Å²) < 4.78 is 0. The molecule has 0 atom stereocenters. The van der Waals surface area contributed by atoms with Gasteiger partial charge >= 0.3 is 0 Å². The Morgan fingerprint density at radius 1 is 1.20 bits per heavy atom. The van der Waals surface area contributed by atoms with E-state index >= 15 is 0 Å². The Kier molecular flexibility index (Phi) is 7.45. The number of likely N-dealkylation sites (tertiary alicyclic amines) is 1. The van der Waals surface area contributed by atoms with E-state index in [4.69, 9.17) is 5.73 Å². The lowest BCUT2D eigenvalue weighted by atomic mass is 9.81. The fourth-order valence-corrected chi connectivity index (χ4v) is 3.66. The Balaban J connectivity index is 1.99. The zero-order valence-electron chi connectivity index (χ0n) is 16.2. The lowest BCUT2D eigenvalue weighted by Crippen LogP contribution is -2.45. The lowest BCUT2D eigenvalue weighted by Gasteiger charge is -2.31.